The van der Waals surface area contributed by atoms with Crippen molar-refractivity contribution in [3.8, 4) is 0 Å². The van der Waals surface area contributed by atoms with Crippen LogP contribution in [0.15, 0.2) is 0 Å². The first-order valence-electron chi connectivity index (χ1n) is 6.40. The summed E-state index contributed by atoms with van der Waals surface area (Å²) in [5.74, 6) is 0. The lowest BCUT2D eigenvalue weighted by molar-refractivity contribution is -0.0443. The summed E-state index contributed by atoms with van der Waals surface area (Å²) in [6.45, 7) is 4.19. The molecule has 2 N–H and O–H groups in total. The summed E-state index contributed by atoms with van der Waals surface area (Å²) in [5.41, 5.74) is 6.31. The van der Waals surface area contributed by atoms with Gasteiger partial charge < -0.3 is 10.5 Å². The van der Waals surface area contributed by atoms with E-state index in [-0.39, 0.29) is 0 Å². The molecule has 2 aliphatic heterocycles. The molecule has 3 aliphatic rings. The number of nitrogens with zero attached hydrogens (tertiary/aromatic N) is 1. The molecule has 3 nitrogen and oxygen atoms in total. The third kappa shape index (κ3) is 1.52. The quantitative estimate of drug-likeness (QED) is 0.754. The van der Waals surface area contributed by atoms with Crippen molar-refractivity contribution in [1.29, 1.82) is 0 Å². The van der Waals surface area contributed by atoms with E-state index >= 15 is 0 Å². The van der Waals surface area contributed by atoms with Crippen LogP contribution >= 0.6 is 0 Å². The van der Waals surface area contributed by atoms with Gasteiger partial charge >= 0.3 is 0 Å². The van der Waals surface area contributed by atoms with Crippen LogP contribution < -0.4 is 5.73 Å². The first-order valence-corrected chi connectivity index (χ1v) is 6.40. The summed E-state index contributed by atoms with van der Waals surface area (Å²) in [6, 6.07) is 0.645. The van der Waals surface area contributed by atoms with Gasteiger partial charge in [-0.3, -0.25) is 4.90 Å². The molecule has 1 spiro atoms. The Kier molecular flexibility index (Phi) is 2.49. The molecule has 0 aromatic heterocycles. The molecular weight excluding hydrogens is 188 g/mol. The number of nitrogens with two attached hydrogens (primary N) is 1. The third-order valence-corrected chi connectivity index (χ3v) is 4.89. The summed E-state index contributed by atoms with van der Waals surface area (Å²) in [7, 11) is 0. The molecule has 0 amide bonds. The SMILES string of the molecule is NCC1CCN1CC1OCCC12CCC2. The van der Waals surface area contributed by atoms with E-state index in [9.17, 15) is 0 Å². The van der Waals surface area contributed by atoms with E-state index in [1.165, 1.54) is 38.6 Å². The number of hydrogen-bond donors (Lipinski definition) is 1. The largest absolute Gasteiger partial charge is 0.376 e. The highest BCUT2D eigenvalue weighted by Gasteiger charge is 2.49. The van der Waals surface area contributed by atoms with Gasteiger partial charge in [0, 0.05) is 37.7 Å². The minimum Gasteiger partial charge on any atom is -0.376 e. The van der Waals surface area contributed by atoms with Crippen molar-refractivity contribution in [3.63, 3.8) is 0 Å². The second-order valence-corrected chi connectivity index (χ2v) is 5.50. The molecule has 1 aliphatic carbocycles. The molecule has 2 unspecified atom stereocenters. The van der Waals surface area contributed by atoms with Gasteiger partial charge in [-0.25, -0.2) is 0 Å². The summed E-state index contributed by atoms with van der Waals surface area (Å²) in [4.78, 5) is 2.52. The van der Waals surface area contributed by atoms with E-state index in [0.717, 1.165) is 19.7 Å². The Morgan fingerprint density at radius 3 is 2.73 bits per heavy atom. The van der Waals surface area contributed by atoms with Crippen molar-refractivity contribution in [1.82, 2.24) is 4.90 Å². The maximum atomic E-state index is 5.93. The van der Waals surface area contributed by atoms with E-state index in [4.69, 9.17) is 10.5 Å². The molecule has 3 fully saturated rings. The fraction of sp³-hybridized carbons (Fsp3) is 1.00. The van der Waals surface area contributed by atoms with Gasteiger partial charge in [0.05, 0.1) is 6.10 Å². The minimum atomic E-state index is 0.514. The van der Waals surface area contributed by atoms with Gasteiger partial charge in [-0.2, -0.15) is 0 Å². The van der Waals surface area contributed by atoms with Gasteiger partial charge in [-0.1, -0.05) is 6.42 Å². The van der Waals surface area contributed by atoms with Crippen molar-refractivity contribution >= 4 is 0 Å². The highest BCUT2D eigenvalue weighted by molar-refractivity contribution is 5.00. The average Bonchev–Trinajstić information content (AvgIpc) is 2.56. The molecule has 0 bridgehead atoms. The monoisotopic (exact) mass is 210 g/mol. The van der Waals surface area contributed by atoms with E-state index in [1.807, 2.05) is 0 Å². The van der Waals surface area contributed by atoms with Crippen molar-refractivity contribution in [2.75, 3.05) is 26.2 Å². The zero-order chi connectivity index (χ0) is 10.3. The summed E-state index contributed by atoms with van der Waals surface area (Å²) >= 11 is 0. The van der Waals surface area contributed by atoms with E-state index in [1.54, 1.807) is 0 Å². The van der Waals surface area contributed by atoms with Gasteiger partial charge in [0.2, 0.25) is 0 Å². The third-order valence-electron chi connectivity index (χ3n) is 4.89. The maximum absolute atomic E-state index is 5.93. The molecule has 15 heavy (non-hydrogen) atoms. The molecule has 3 rings (SSSR count). The maximum Gasteiger partial charge on any atom is 0.0758 e. The summed E-state index contributed by atoms with van der Waals surface area (Å²) < 4.78 is 5.93. The standard InChI is InChI=1S/C12H22N2O/c13-8-10-2-6-14(10)9-11-12(3-1-4-12)5-7-15-11/h10-11H,1-9,13H2. The van der Waals surface area contributed by atoms with Crippen LogP contribution in [0, 0.1) is 5.41 Å². The number of rotatable bonds is 3. The van der Waals surface area contributed by atoms with Crippen LogP contribution in [0.25, 0.3) is 0 Å². The van der Waals surface area contributed by atoms with Gasteiger partial charge in [0.15, 0.2) is 0 Å². The van der Waals surface area contributed by atoms with Crippen LogP contribution in [-0.4, -0.2) is 43.3 Å². The van der Waals surface area contributed by atoms with Gasteiger partial charge in [0.25, 0.3) is 0 Å². The smallest absolute Gasteiger partial charge is 0.0758 e. The lowest BCUT2D eigenvalue weighted by Crippen LogP contribution is -2.56. The summed E-state index contributed by atoms with van der Waals surface area (Å²) in [5, 5.41) is 0. The Bertz CT molecular complexity index is 238. The minimum absolute atomic E-state index is 0.514. The van der Waals surface area contributed by atoms with Crippen LogP contribution in [0.2, 0.25) is 0 Å². The molecule has 2 saturated heterocycles. The average molecular weight is 210 g/mol. The molecular formula is C12H22N2O. The molecule has 0 aromatic rings. The van der Waals surface area contributed by atoms with Crippen LogP contribution in [0.5, 0.6) is 0 Å². The van der Waals surface area contributed by atoms with E-state index in [2.05, 4.69) is 4.90 Å². The molecule has 1 saturated carbocycles. The molecule has 2 heterocycles. The molecule has 0 aromatic carbocycles. The van der Waals surface area contributed by atoms with Crippen molar-refractivity contribution in [2.45, 2.75) is 44.2 Å². The Morgan fingerprint density at radius 1 is 1.33 bits per heavy atom. The molecule has 3 heteroatoms. The summed E-state index contributed by atoms with van der Waals surface area (Å²) in [6.07, 6.45) is 7.33. The first-order chi connectivity index (χ1) is 7.34. The second kappa shape index (κ2) is 3.72. The topological polar surface area (TPSA) is 38.5 Å². The first kappa shape index (κ1) is 10.1. The van der Waals surface area contributed by atoms with Crippen LogP contribution in [0.1, 0.15) is 32.1 Å². The normalized spacial score (nSPS) is 39.0. The van der Waals surface area contributed by atoms with Crippen molar-refractivity contribution in [3.05, 3.63) is 0 Å². The fourth-order valence-corrected chi connectivity index (χ4v) is 3.41. The predicted molar refractivity (Wildman–Crippen MR) is 59.7 cm³/mol. The number of ether oxygens (including phenoxy) is 1. The lowest BCUT2D eigenvalue weighted by Gasteiger charge is -2.47. The van der Waals surface area contributed by atoms with Crippen molar-refractivity contribution < 1.29 is 4.74 Å². The van der Waals surface area contributed by atoms with Crippen LogP contribution in [0.3, 0.4) is 0 Å². The van der Waals surface area contributed by atoms with Gasteiger partial charge in [-0.15, -0.1) is 0 Å². The lowest BCUT2D eigenvalue weighted by atomic mass is 9.64. The van der Waals surface area contributed by atoms with Gasteiger partial charge in [0.1, 0.15) is 0 Å². The molecule has 2 atom stereocenters. The van der Waals surface area contributed by atoms with E-state index in [0.29, 0.717) is 17.6 Å². The second-order valence-electron chi connectivity index (χ2n) is 5.50. The molecule has 0 radical (unpaired) electrons. The predicted octanol–water partition coefficient (Wildman–Crippen LogP) is 0.979. The highest BCUT2D eigenvalue weighted by atomic mass is 16.5. The number of hydrogen-bond acceptors (Lipinski definition) is 3. The molecule has 86 valence electrons. The fourth-order valence-electron chi connectivity index (χ4n) is 3.41. The van der Waals surface area contributed by atoms with Crippen LogP contribution in [-0.2, 0) is 4.74 Å². The number of likely N-dealkylation sites (tertiary alicyclic amines) is 1. The Labute approximate surface area is 91.9 Å². The van der Waals surface area contributed by atoms with Crippen LogP contribution in [0.4, 0.5) is 0 Å². The highest BCUT2D eigenvalue weighted by Crippen LogP contribution is 2.51. The van der Waals surface area contributed by atoms with E-state index < -0.39 is 0 Å². The van der Waals surface area contributed by atoms with Gasteiger partial charge in [-0.05, 0) is 25.7 Å². The Balaban J connectivity index is 1.58. The zero-order valence-electron chi connectivity index (χ0n) is 9.45. The van der Waals surface area contributed by atoms with Crippen molar-refractivity contribution in [2.24, 2.45) is 11.1 Å². The Morgan fingerprint density at radius 2 is 2.20 bits per heavy atom. The zero-order valence-corrected chi connectivity index (χ0v) is 9.45. The Hall–Kier alpha value is -0.120.